The van der Waals surface area contributed by atoms with Crippen molar-refractivity contribution >= 4 is 35.0 Å². The van der Waals surface area contributed by atoms with E-state index in [1.807, 2.05) is 32.9 Å². The van der Waals surface area contributed by atoms with Crippen molar-refractivity contribution in [3.63, 3.8) is 0 Å². The van der Waals surface area contributed by atoms with E-state index in [2.05, 4.69) is 10.6 Å². The second-order valence-electron chi connectivity index (χ2n) is 6.46. The minimum absolute atomic E-state index is 0.0844. The third-order valence-corrected chi connectivity index (χ3v) is 4.66. The van der Waals surface area contributed by atoms with Crippen LogP contribution in [0.15, 0.2) is 48.5 Å². The lowest BCUT2D eigenvalue weighted by Gasteiger charge is -2.24. The van der Waals surface area contributed by atoms with E-state index in [0.717, 1.165) is 5.56 Å². The Kier molecular flexibility index (Phi) is 7.06. The third-order valence-electron chi connectivity index (χ3n) is 4.08. The van der Waals surface area contributed by atoms with Crippen LogP contribution in [0.3, 0.4) is 0 Å². The summed E-state index contributed by atoms with van der Waals surface area (Å²) in [5, 5.41) is 6.71. The van der Waals surface area contributed by atoms with Crippen LogP contribution in [-0.2, 0) is 4.79 Å². The van der Waals surface area contributed by atoms with Crippen molar-refractivity contribution in [2.24, 2.45) is 5.92 Å². The predicted octanol–water partition coefficient (Wildman–Crippen LogP) is 4.63. The molecule has 0 saturated carbocycles. The maximum atomic E-state index is 12.7. The van der Waals surface area contributed by atoms with Gasteiger partial charge in [0.05, 0.1) is 16.6 Å². The Balaban J connectivity index is 2.08. The van der Waals surface area contributed by atoms with Crippen molar-refractivity contribution in [1.82, 2.24) is 10.6 Å². The maximum Gasteiger partial charge on any atom is 0.253 e. The van der Waals surface area contributed by atoms with E-state index in [-0.39, 0.29) is 23.8 Å². The molecular weight excluding hydrogens is 371 g/mol. The van der Waals surface area contributed by atoms with E-state index in [4.69, 9.17) is 23.2 Å². The monoisotopic (exact) mass is 392 g/mol. The Morgan fingerprint density at radius 2 is 1.50 bits per heavy atom. The van der Waals surface area contributed by atoms with Gasteiger partial charge in [-0.2, -0.15) is 0 Å². The number of benzene rings is 2. The molecule has 2 aromatic rings. The van der Waals surface area contributed by atoms with Gasteiger partial charge in [-0.25, -0.2) is 0 Å². The molecule has 0 heterocycles. The Morgan fingerprint density at radius 3 is 2.08 bits per heavy atom. The van der Waals surface area contributed by atoms with Gasteiger partial charge < -0.3 is 10.6 Å². The summed E-state index contributed by atoms with van der Waals surface area (Å²) < 4.78 is 0. The minimum Gasteiger partial charge on any atom is -0.348 e. The lowest BCUT2D eigenvalue weighted by atomic mass is 10.0. The highest BCUT2D eigenvalue weighted by molar-refractivity contribution is 6.33. The highest BCUT2D eigenvalue weighted by Crippen LogP contribution is 2.18. The number of hydrogen-bond acceptors (Lipinski definition) is 2. The van der Waals surface area contributed by atoms with Crippen LogP contribution in [0.25, 0.3) is 0 Å². The Morgan fingerprint density at radius 1 is 0.885 bits per heavy atom. The minimum atomic E-state index is -0.673. The fourth-order valence-corrected chi connectivity index (χ4v) is 2.88. The summed E-state index contributed by atoms with van der Waals surface area (Å²) in [5.74, 6) is -0.703. The topological polar surface area (TPSA) is 58.2 Å². The van der Waals surface area contributed by atoms with E-state index >= 15 is 0 Å². The third kappa shape index (κ3) is 5.23. The molecule has 0 spiro atoms. The van der Waals surface area contributed by atoms with Crippen molar-refractivity contribution in [3.8, 4) is 0 Å². The largest absolute Gasteiger partial charge is 0.348 e. The Bertz CT molecular complexity index is 776. The second-order valence-corrected chi connectivity index (χ2v) is 7.30. The SMILES string of the molecule is CC(NC(=O)C(NC(=O)c1ccccc1Cl)C(C)C)c1ccc(Cl)cc1. The first kappa shape index (κ1) is 20.3. The normalized spacial score (nSPS) is 13.2. The molecule has 4 nitrogen and oxygen atoms in total. The molecule has 2 N–H and O–H groups in total. The van der Waals surface area contributed by atoms with Crippen LogP contribution in [0.4, 0.5) is 0 Å². The van der Waals surface area contributed by atoms with Gasteiger partial charge in [0.1, 0.15) is 6.04 Å². The van der Waals surface area contributed by atoms with Crippen molar-refractivity contribution in [2.75, 3.05) is 0 Å². The molecule has 0 bridgehead atoms. The molecule has 26 heavy (non-hydrogen) atoms. The summed E-state index contributed by atoms with van der Waals surface area (Å²) >= 11 is 12.0. The van der Waals surface area contributed by atoms with E-state index < -0.39 is 6.04 Å². The summed E-state index contributed by atoms with van der Waals surface area (Å²) in [7, 11) is 0. The summed E-state index contributed by atoms with van der Waals surface area (Å²) in [5.41, 5.74) is 1.28. The number of carbonyl (C=O) groups is 2. The molecule has 0 fully saturated rings. The van der Waals surface area contributed by atoms with E-state index in [1.165, 1.54) is 0 Å². The summed E-state index contributed by atoms with van der Waals surface area (Å²) in [4.78, 5) is 25.2. The molecule has 0 aromatic heterocycles. The Hall–Kier alpha value is -2.04. The van der Waals surface area contributed by atoms with Crippen molar-refractivity contribution in [1.29, 1.82) is 0 Å². The number of hydrogen-bond donors (Lipinski definition) is 2. The molecule has 0 radical (unpaired) electrons. The smallest absolute Gasteiger partial charge is 0.253 e. The summed E-state index contributed by atoms with van der Waals surface area (Å²) in [6, 6.07) is 13.1. The van der Waals surface area contributed by atoms with Gasteiger partial charge in [0.15, 0.2) is 0 Å². The molecular formula is C20H22Cl2N2O2. The zero-order chi connectivity index (χ0) is 19.3. The van der Waals surface area contributed by atoms with Crippen LogP contribution in [-0.4, -0.2) is 17.9 Å². The zero-order valence-electron chi connectivity index (χ0n) is 14.9. The first-order valence-corrected chi connectivity index (χ1v) is 9.16. The molecule has 0 aliphatic heterocycles. The van der Waals surface area contributed by atoms with Crippen LogP contribution >= 0.6 is 23.2 Å². The second kappa shape index (κ2) is 9.06. The van der Waals surface area contributed by atoms with Crippen LogP contribution in [0, 0.1) is 5.92 Å². The van der Waals surface area contributed by atoms with Gasteiger partial charge in [-0.05, 0) is 42.7 Å². The van der Waals surface area contributed by atoms with Crippen LogP contribution in [0.1, 0.15) is 42.7 Å². The molecule has 0 saturated heterocycles. The Labute approximate surface area is 163 Å². The van der Waals surface area contributed by atoms with Gasteiger partial charge in [-0.3, -0.25) is 9.59 Å². The van der Waals surface area contributed by atoms with Crippen molar-refractivity contribution in [2.45, 2.75) is 32.9 Å². The number of amides is 2. The van der Waals surface area contributed by atoms with Gasteiger partial charge in [-0.1, -0.05) is 61.3 Å². The van der Waals surface area contributed by atoms with E-state index in [9.17, 15) is 9.59 Å². The van der Waals surface area contributed by atoms with Crippen LogP contribution in [0.2, 0.25) is 10.0 Å². The van der Waals surface area contributed by atoms with E-state index in [1.54, 1.807) is 36.4 Å². The van der Waals surface area contributed by atoms with E-state index in [0.29, 0.717) is 15.6 Å². The molecule has 0 aliphatic carbocycles. The average Bonchev–Trinajstić information content (AvgIpc) is 2.59. The van der Waals surface area contributed by atoms with Gasteiger partial charge in [0.2, 0.25) is 5.91 Å². The summed E-state index contributed by atoms with van der Waals surface area (Å²) in [6.45, 7) is 5.64. The molecule has 2 unspecified atom stereocenters. The van der Waals surface area contributed by atoms with Gasteiger partial charge in [-0.15, -0.1) is 0 Å². The van der Waals surface area contributed by atoms with Crippen molar-refractivity contribution < 1.29 is 9.59 Å². The predicted molar refractivity (Wildman–Crippen MR) is 106 cm³/mol. The summed E-state index contributed by atoms with van der Waals surface area (Å²) in [6.07, 6.45) is 0. The quantitative estimate of drug-likeness (QED) is 0.752. The molecule has 2 amide bonds. The lowest BCUT2D eigenvalue weighted by molar-refractivity contribution is -0.124. The standard InChI is InChI=1S/C20H22Cl2N2O2/c1-12(2)18(24-19(25)16-6-4-5-7-17(16)22)20(26)23-13(3)14-8-10-15(21)11-9-14/h4-13,18H,1-3H3,(H,23,26)(H,24,25). The molecule has 138 valence electrons. The fraction of sp³-hybridized carbons (Fsp3) is 0.300. The number of nitrogens with one attached hydrogen (secondary N) is 2. The fourth-order valence-electron chi connectivity index (χ4n) is 2.54. The van der Waals surface area contributed by atoms with Gasteiger partial charge in [0, 0.05) is 5.02 Å². The molecule has 2 rings (SSSR count). The first-order chi connectivity index (χ1) is 12.3. The van der Waals surface area contributed by atoms with Crippen LogP contribution in [0.5, 0.6) is 0 Å². The molecule has 0 aliphatic rings. The van der Waals surface area contributed by atoms with Gasteiger partial charge >= 0.3 is 0 Å². The van der Waals surface area contributed by atoms with Crippen molar-refractivity contribution in [3.05, 3.63) is 69.7 Å². The van der Waals surface area contributed by atoms with Gasteiger partial charge in [0.25, 0.3) is 5.91 Å². The highest BCUT2D eigenvalue weighted by atomic mass is 35.5. The maximum absolute atomic E-state index is 12.7. The zero-order valence-corrected chi connectivity index (χ0v) is 16.4. The highest BCUT2D eigenvalue weighted by Gasteiger charge is 2.26. The molecule has 2 atom stereocenters. The van der Waals surface area contributed by atoms with Crippen LogP contribution < -0.4 is 10.6 Å². The molecule has 6 heteroatoms. The molecule has 2 aromatic carbocycles. The number of rotatable bonds is 6. The first-order valence-electron chi connectivity index (χ1n) is 8.41. The number of halogens is 2. The lowest BCUT2D eigenvalue weighted by Crippen LogP contribution is -2.50. The average molecular weight is 393 g/mol. The number of carbonyl (C=O) groups excluding carboxylic acids is 2.